The van der Waals surface area contributed by atoms with Crippen LogP contribution in [0.25, 0.3) is 22.1 Å². The number of ether oxygens (including phenoxy) is 1. The standard InChI is InChI=1S/C23H11BrClF3O4/c24-14-3-1-2-13(10-14)22(30)31-16-8-9-17-18(11-16)32-21(23(26,27)28)19(20(17)29)12-4-6-15(25)7-5-12/h1-11H. The zero-order chi connectivity index (χ0) is 23.0. The highest BCUT2D eigenvalue weighted by Gasteiger charge is 2.39. The van der Waals surface area contributed by atoms with Crippen LogP contribution < -0.4 is 10.2 Å². The van der Waals surface area contributed by atoms with Crippen LogP contribution in [-0.4, -0.2) is 5.97 Å². The average molecular weight is 524 g/mol. The first kappa shape index (κ1) is 22.1. The fourth-order valence-corrected chi connectivity index (χ4v) is 3.62. The van der Waals surface area contributed by atoms with Crippen LogP contribution in [0, 0.1) is 0 Å². The van der Waals surface area contributed by atoms with Crippen molar-refractivity contribution in [2.45, 2.75) is 6.18 Å². The van der Waals surface area contributed by atoms with E-state index in [0.717, 1.165) is 6.07 Å². The van der Waals surface area contributed by atoms with Gasteiger partial charge in [-0.1, -0.05) is 45.7 Å². The van der Waals surface area contributed by atoms with Crippen LogP contribution >= 0.6 is 27.5 Å². The summed E-state index contributed by atoms with van der Waals surface area (Å²) in [5.41, 5.74) is -1.61. The van der Waals surface area contributed by atoms with Crippen LogP contribution in [0.4, 0.5) is 13.2 Å². The van der Waals surface area contributed by atoms with E-state index in [-0.39, 0.29) is 27.8 Å². The average Bonchev–Trinajstić information content (AvgIpc) is 2.73. The molecule has 0 amide bonds. The Bertz CT molecular complexity index is 1400. The van der Waals surface area contributed by atoms with Gasteiger partial charge in [0, 0.05) is 15.6 Å². The van der Waals surface area contributed by atoms with Crippen molar-refractivity contribution in [1.29, 1.82) is 0 Å². The molecule has 0 unspecified atom stereocenters. The van der Waals surface area contributed by atoms with E-state index in [1.54, 1.807) is 12.1 Å². The summed E-state index contributed by atoms with van der Waals surface area (Å²) < 4.78 is 52.2. The summed E-state index contributed by atoms with van der Waals surface area (Å²) in [5.74, 6) is -2.24. The van der Waals surface area contributed by atoms with Gasteiger partial charge in [-0.05, 0) is 48.0 Å². The Balaban J connectivity index is 1.82. The molecule has 0 bridgehead atoms. The van der Waals surface area contributed by atoms with Gasteiger partial charge in [0.1, 0.15) is 11.3 Å². The number of hydrogen-bond acceptors (Lipinski definition) is 4. The lowest BCUT2D eigenvalue weighted by Crippen LogP contribution is -2.16. The molecular weight excluding hydrogens is 513 g/mol. The molecule has 0 aliphatic rings. The number of alkyl halides is 3. The largest absolute Gasteiger partial charge is 0.450 e. The maximum atomic E-state index is 13.7. The van der Waals surface area contributed by atoms with Gasteiger partial charge >= 0.3 is 12.1 Å². The normalized spacial score (nSPS) is 11.5. The minimum Gasteiger partial charge on any atom is -0.450 e. The van der Waals surface area contributed by atoms with Gasteiger partial charge in [0.05, 0.1) is 16.5 Å². The van der Waals surface area contributed by atoms with Crippen molar-refractivity contribution in [3.8, 4) is 16.9 Å². The number of esters is 1. The molecule has 4 nitrogen and oxygen atoms in total. The molecule has 0 N–H and O–H groups in total. The summed E-state index contributed by atoms with van der Waals surface area (Å²) in [7, 11) is 0. The lowest BCUT2D eigenvalue weighted by Gasteiger charge is -2.13. The number of fused-ring (bicyclic) bond motifs is 1. The Morgan fingerprint density at radius 3 is 2.38 bits per heavy atom. The molecule has 4 aromatic rings. The summed E-state index contributed by atoms with van der Waals surface area (Å²) in [6.07, 6.45) is -4.94. The molecule has 9 heteroatoms. The molecule has 32 heavy (non-hydrogen) atoms. The molecule has 0 saturated carbocycles. The predicted octanol–water partition coefficient (Wildman–Crippen LogP) is 7.11. The van der Waals surface area contributed by atoms with E-state index in [4.69, 9.17) is 20.8 Å². The van der Waals surface area contributed by atoms with E-state index in [0.29, 0.717) is 9.50 Å². The summed E-state index contributed by atoms with van der Waals surface area (Å²) >= 11 is 9.05. The second kappa shape index (κ2) is 8.44. The van der Waals surface area contributed by atoms with E-state index >= 15 is 0 Å². The molecule has 0 spiro atoms. The third kappa shape index (κ3) is 4.42. The number of carbonyl (C=O) groups is 1. The highest BCUT2D eigenvalue weighted by Crippen LogP contribution is 2.38. The van der Waals surface area contributed by atoms with E-state index in [1.165, 1.54) is 48.5 Å². The Morgan fingerprint density at radius 1 is 1.00 bits per heavy atom. The molecular formula is C23H11BrClF3O4. The SMILES string of the molecule is O=C(Oc1ccc2c(=O)c(-c3ccc(Cl)cc3)c(C(F)(F)F)oc2c1)c1cccc(Br)c1. The van der Waals surface area contributed by atoms with Crippen LogP contribution in [0.15, 0.2) is 80.4 Å². The topological polar surface area (TPSA) is 56.5 Å². The van der Waals surface area contributed by atoms with Crippen LogP contribution in [-0.2, 0) is 6.18 Å². The number of carbonyl (C=O) groups excluding carboxylic acids is 1. The fourth-order valence-electron chi connectivity index (χ4n) is 3.10. The molecule has 1 aromatic heterocycles. The molecule has 1 heterocycles. The number of benzene rings is 3. The van der Waals surface area contributed by atoms with Gasteiger partial charge in [0.15, 0.2) is 0 Å². The lowest BCUT2D eigenvalue weighted by molar-refractivity contribution is -0.152. The highest BCUT2D eigenvalue weighted by atomic mass is 79.9. The van der Waals surface area contributed by atoms with Crippen LogP contribution in [0.2, 0.25) is 5.02 Å². The van der Waals surface area contributed by atoms with Gasteiger partial charge in [-0.3, -0.25) is 4.79 Å². The van der Waals surface area contributed by atoms with Crippen molar-refractivity contribution in [2.24, 2.45) is 0 Å². The Hall–Kier alpha value is -3.10. The zero-order valence-electron chi connectivity index (χ0n) is 15.9. The molecule has 0 saturated heterocycles. The number of rotatable bonds is 3. The fraction of sp³-hybridized carbons (Fsp3) is 0.0435. The van der Waals surface area contributed by atoms with Gasteiger partial charge in [-0.25, -0.2) is 4.79 Å². The predicted molar refractivity (Wildman–Crippen MR) is 117 cm³/mol. The van der Waals surface area contributed by atoms with Crippen LogP contribution in [0.1, 0.15) is 16.1 Å². The maximum absolute atomic E-state index is 13.7. The summed E-state index contributed by atoms with van der Waals surface area (Å²) in [6.45, 7) is 0. The third-order valence-corrected chi connectivity index (χ3v) is 5.27. The molecule has 0 aliphatic carbocycles. The molecule has 3 aromatic carbocycles. The molecule has 0 radical (unpaired) electrons. The maximum Gasteiger partial charge on any atom is 0.450 e. The summed E-state index contributed by atoms with van der Waals surface area (Å²) in [6, 6.07) is 15.4. The second-order valence-electron chi connectivity index (χ2n) is 6.70. The van der Waals surface area contributed by atoms with Crippen molar-refractivity contribution in [2.75, 3.05) is 0 Å². The zero-order valence-corrected chi connectivity index (χ0v) is 18.2. The first-order valence-corrected chi connectivity index (χ1v) is 10.2. The molecule has 0 aliphatic heterocycles. The smallest absolute Gasteiger partial charge is 0.450 e. The van der Waals surface area contributed by atoms with Gasteiger partial charge in [-0.2, -0.15) is 13.2 Å². The summed E-state index contributed by atoms with van der Waals surface area (Å²) in [5, 5.41) is 0.217. The van der Waals surface area contributed by atoms with Crippen molar-refractivity contribution in [3.05, 3.63) is 97.8 Å². The quantitative estimate of drug-likeness (QED) is 0.212. The lowest BCUT2D eigenvalue weighted by atomic mass is 10.0. The van der Waals surface area contributed by atoms with Gasteiger partial charge < -0.3 is 9.15 Å². The molecule has 0 atom stereocenters. The summed E-state index contributed by atoms with van der Waals surface area (Å²) in [4.78, 5) is 25.3. The van der Waals surface area contributed by atoms with Gasteiger partial charge in [-0.15, -0.1) is 0 Å². The van der Waals surface area contributed by atoms with E-state index in [2.05, 4.69) is 15.9 Å². The van der Waals surface area contributed by atoms with Crippen LogP contribution in [0.5, 0.6) is 5.75 Å². The molecule has 4 rings (SSSR count). The third-order valence-electron chi connectivity index (χ3n) is 4.53. The number of hydrogen-bond donors (Lipinski definition) is 0. The minimum atomic E-state index is -4.94. The molecule has 0 fully saturated rings. The first-order valence-electron chi connectivity index (χ1n) is 9.05. The first-order chi connectivity index (χ1) is 15.1. The van der Waals surface area contributed by atoms with E-state index in [1.807, 2.05) is 0 Å². The van der Waals surface area contributed by atoms with E-state index in [9.17, 15) is 22.8 Å². The Labute approximate surface area is 192 Å². The van der Waals surface area contributed by atoms with Crippen molar-refractivity contribution >= 4 is 44.5 Å². The number of halogens is 5. The highest BCUT2D eigenvalue weighted by molar-refractivity contribution is 9.10. The van der Waals surface area contributed by atoms with Crippen molar-refractivity contribution in [3.63, 3.8) is 0 Å². The Kier molecular flexibility index (Phi) is 5.83. The monoisotopic (exact) mass is 522 g/mol. The van der Waals surface area contributed by atoms with E-state index < -0.39 is 28.9 Å². The minimum absolute atomic E-state index is 0.0162. The Morgan fingerprint density at radius 2 is 1.72 bits per heavy atom. The van der Waals surface area contributed by atoms with Gasteiger partial charge in [0.2, 0.25) is 11.2 Å². The molecule has 162 valence electrons. The van der Waals surface area contributed by atoms with Gasteiger partial charge in [0.25, 0.3) is 0 Å². The second-order valence-corrected chi connectivity index (χ2v) is 8.05. The van der Waals surface area contributed by atoms with Crippen molar-refractivity contribution in [1.82, 2.24) is 0 Å². The van der Waals surface area contributed by atoms with Crippen LogP contribution in [0.3, 0.4) is 0 Å². The van der Waals surface area contributed by atoms with Crippen molar-refractivity contribution < 1.29 is 27.1 Å².